The van der Waals surface area contributed by atoms with E-state index in [1.165, 1.54) is 11.3 Å². The molecule has 102 valence electrons. The Morgan fingerprint density at radius 2 is 2.17 bits per heavy atom. The number of amides is 2. The highest BCUT2D eigenvalue weighted by Crippen LogP contribution is 2.38. The molecule has 0 radical (unpaired) electrons. The molecule has 1 saturated heterocycles. The molecule has 3 atom stereocenters. The van der Waals surface area contributed by atoms with Crippen molar-refractivity contribution in [1.29, 1.82) is 0 Å². The average molecular weight is 272 g/mol. The molecule has 2 aliphatic rings. The summed E-state index contributed by atoms with van der Waals surface area (Å²) < 4.78 is 0. The van der Waals surface area contributed by atoms with Crippen molar-refractivity contribution < 1.29 is 14.7 Å². The number of carbonyl (C=O) groups is 2. The lowest BCUT2D eigenvalue weighted by Gasteiger charge is -2.35. The second kappa shape index (κ2) is 5.38. The first-order valence-corrected chi connectivity index (χ1v) is 7.48. The molecule has 1 heterocycles. The van der Waals surface area contributed by atoms with Crippen LogP contribution in [0.5, 0.6) is 0 Å². The van der Waals surface area contributed by atoms with Gasteiger partial charge in [0.1, 0.15) is 6.04 Å². The van der Waals surface area contributed by atoms with Crippen LogP contribution >= 0.6 is 11.8 Å². The van der Waals surface area contributed by atoms with E-state index in [4.69, 9.17) is 5.11 Å². The summed E-state index contributed by atoms with van der Waals surface area (Å²) in [5, 5.41) is 9.15. The highest BCUT2D eigenvalue weighted by Gasteiger charge is 2.38. The molecule has 5 nitrogen and oxygen atoms in total. The predicted octanol–water partition coefficient (Wildman–Crippen LogP) is 1.20. The summed E-state index contributed by atoms with van der Waals surface area (Å²) in [5.41, 5.74) is 0. The Bertz CT molecular complexity index is 350. The second-order valence-corrected chi connectivity index (χ2v) is 6.41. The van der Waals surface area contributed by atoms with Gasteiger partial charge in [0.15, 0.2) is 0 Å². The van der Waals surface area contributed by atoms with Gasteiger partial charge >= 0.3 is 12.0 Å². The first-order chi connectivity index (χ1) is 8.50. The fourth-order valence-corrected chi connectivity index (χ4v) is 3.38. The van der Waals surface area contributed by atoms with Gasteiger partial charge < -0.3 is 14.9 Å². The molecule has 1 aliphatic carbocycles. The van der Waals surface area contributed by atoms with Gasteiger partial charge in [-0.05, 0) is 18.3 Å². The lowest BCUT2D eigenvalue weighted by molar-refractivity contribution is -0.141. The quantitative estimate of drug-likeness (QED) is 0.838. The number of carbonyl (C=O) groups excluding carboxylic acids is 1. The van der Waals surface area contributed by atoms with Crippen molar-refractivity contribution >= 4 is 23.8 Å². The molecule has 1 N–H and O–H groups in total. The van der Waals surface area contributed by atoms with Crippen molar-refractivity contribution in [2.24, 2.45) is 11.8 Å². The summed E-state index contributed by atoms with van der Waals surface area (Å²) in [4.78, 5) is 26.6. The third kappa shape index (κ3) is 2.91. The maximum atomic E-state index is 12.3. The van der Waals surface area contributed by atoms with Crippen LogP contribution in [0.4, 0.5) is 4.79 Å². The lowest BCUT2D eigenvalue weighted by Crippen LogP contribution is -2.54. The number of hydrogen-bond donors (Lipinski definition) is 1. The van der Waals surface area contributed by atoms with Crippen LogP contribution in [0.1, 0.15) is 13.3 Å². The van der Waals surface area contributed by atoms with E-state index in [9.17, 15) is 9.59 Å². The molecule has 6 heteroatoms. The Kier molecular flexibility index (Phi) is 4.04. The van der Waals surface area contributed by atoms with Gasteiger partial charge in [0.2, 0.25) is 0 Å². The van der Waals surface area contributed by atoms with Crippen LogP contribution in [0.15, 0.2) is 0 Å². The highest BCUT2D eigenvalue weighted by molar-refractivity contribution is 7.99. The molecule has 2 fully saturated rings. The summed E-state index contributed by atoms with van der Waals surface area (Å²) in [6.45, 7) is 3.46. The van der Waals surface area contributed by atoms with Crippen molar-refractivity contribution in [1.82, 2.24) is 9.80 Å². The number of carboxylic acid groups (broad SMARTS) is 1. The molecule has 18 heavy (non-hydrogen) atoms. The van der Waals surface area contributed by atoms with E-state index in [0.29, 0.717) is 24.1 Å². The second-order valence-electron chi connectivity index (χ2n) is 5.26. The highest BCUT2D eigenvalue weighted by atomic mass is 32.2. The standard InChI is InChI=1S/C12H20N2O3S/c1-8-5-9(8)6-13(2)12(17)14-3-4-18-7-10(14)11(15)16/h8-10H,3-7H2,1-2H3,(H,15,16). The minimum atomic E-state index is -0.899. The van der Waals surface area contributed by atoms with Gasteiger partial charge in [-0.3, -0.25) is 0 Å². The molecule has 1 aliphatic heterocycles. The fourth-order valence-electron chi connectivity index (χ4n) is 2.34. The number of urea groups is 1. The molecule has 0 aromatic rings. The van der Waals surface area contributed by atoms with Crippen LogP contribution in [-0.2, 0) is 4.79 Å². The minimum absolute atomic E-state index is 0.137. The smallest absolute Gasteiger partial charge is 0.327 e. The normalized spacial score (nSPS) is 31.0. The molecule has 0 aromatic carbocycles. The largest absolute Gasteiger partial charge is 0.480 e. The summed E-state index contributed by atoms with van der Waals surface area (Å²) in [6, 6.07) is -0.808. The topological polar surface area (TPSA) is 60.9 Å². The van der Waals surface area contributed by atoms with E-state index in [0.717, 1.165) is 12.3 Å². The van der Waals surface area contributed by atoms with Crippen molar-refractivity contribution in [2.45, 2.75) is 19.4 Å². The monoisotopic (exact) mass is 272 g/mol. The number of hydrogen-bond acceptors (Lipinski definition) is 3. The zero-order chi connectivity index (χ0) is 13.3. The minimum Gasteiger partial charge on any atom is -0.480 e. The van der Waals surface area contributed by atoms with E-state index in [-0.39, 0.29) is 6.03 Å². The van der Waals surface area contributed by atoms with Gasteiger partial charge in [-0.1, -0.05) is 6.92 Å². The van der Waals surface area contributed by atoms with Crippen LogP contribution in [0.2, 0.25) is 0 Å². The maximum Gasteiger partial charge on any atom is 0.327 e. The molecule has 2 amide bonds. The van der Waals surface area contributed by atoms with Crippen molar-refractivity contribution in [3.8, 4) is 0 Å². The number of aliphatic carboxylic acids is 1. The third-order valence-corrected chi connectivity index (χ3v) is 4.79. The first-order valence-electron chi connectivity index (χ1n) is 6.33. The van der Waals surface area contributed by atoms with Gasteiger partial charge in [-0.2, -0.15) is 11.8 Å². The average Bonchev–Trinajstić information content (AvgIpc) is 3.03. The SMILES string of the molecule is CC1CC1CN(C)C(=O)N1CCSCC1C(=O)O. The summed E-state index contributed by atoms with van der Waals surface area (Å²) >= 11 is 1.60. The van der Waals surface area contributed by atoms with E-state index in [1.807, 2.05) is 0 Å². The molecule has 0 aromatic heterocycles. The number of carboxylic acids is 1. The Hall–Kier alpha value is -0.910. The molecular weight excluding hydrogens is 252 g/mol. The van der Waals surface area contributed by atoms with Gasteiger partial charge in [-0.25, -0.2) is 9.59 Å². The summed E-state index contributed by atoms with van der Waals surface area (Å²) in [6.07, 6.45) is 1.18. The van der Waals surface area contributed by atoms with Crippen molar-refractivity contribution in [3.63, 3.8) is 0 Å². The lowest BCUT2D eigenvalue weighted by atomic mass is 10.2. The molecule has 3 unspecified atom stereocenters. The summed E-state index contributed by atoms with van der Waals surface area (Å²) in [5.74, 6) is 1.72. The Morgan fingerprint density at radius 3 is 2.72 bits per heavy atom. The van der Waals surface area contributed by atoms with Crippen molar-refractivity contribution in [3.05, 3.63) is 0 Å². The van der Waals surface area contributed by atoms with E-state index < -0.39 is 12.0 Å². The Balaban J connectivity index is 1.94. The zero-order valence-corrected chi connectivity index (χ0v) is 11.7. The van der Waals surface area contributed by atoms with E-state index >= 15 is 0 Å². The zero-order valence-electron chi connectivity index (χ0n) is 10.8. The molecule has 0 spiro atoms. The summed E-state index contributed by atoms with van der Waals surface area (Å²) in [7, 11) is 1.77. The Labute approximate surface area is 112 Å². The first kappa shape index (κ1) is 13.5. The maximum absolute atomic E-state index is 12.3. The number of nitrogens with zero attached hydrogens (tertiary/aromatic N) is 2. The van der Waals surface area contributed by atoms with Crippen LogP contribution in [-0.4, -0.2) is 64.6 Å². The van der Waals surface area contributed by atoms with Crippen LogP contribution < -0.4 is 0 Å². The number of rotatable bonds is 3. The van der Waals surface area contributed by atoms with E-state index in [1.54, 1.807) is 23.7 Å². The van der Waals surface area contributed by atoms with Crippen LogP contribution in [0, 0.1) is 11.8 Å². The Morgan fingerprint density at radius 1 is 1.50 bits per heavy atom. The third-order valence-electron chi connectivity index (χ3n) is 3.77. The molecule has 1 saturated carbocycles. The molecule has 0 bridgehead atoms. The van der Waals surface area contributed by atoms with Gasteiger partial charge in [0.25, 0.3) is 0 Å². The van der Waals surface area contributed by atoms with Gasteiger partial charge in [0.05, 0.1) is 0 Å². The molecular formula is C12H20N2O3S. The number of thioether (sulfide) groups is 1. The van der Waals surface area contributed by atoms with Gasteiger partial charge in [-0.15, -0.1) is 0 Å². The van der Waals surface area contributed by atoms with E-state index in [2.05, 4.69) is 6.92 Å². The van der Waals surface area contributed by atoms with Crippen molar-refractivity contribution in [2.75, 3.05) is 31.6 Å². The van der Waals surface area contributed by atoms with Crippen LogP contribution in [0.3, 0.4) is 0 Å². The molecule has 2 rings (SSSR count). The van der Waals surface area contributed by atoms with Gasteiger partial charge in [0, 0.05) is 31.6 Å². The van der Waals surface area contributed by atoms with Crippen LogP contribution in [0.25, 0.3) is 0 Å². The predicted molar refractivity (Wildman–Crippen MR) is 70.8 cm³/mol. The fraction of sp³-hybridized carbons (Fsp3) is 0.833.